The van der Waals surface area contributed by atoms with Crippen LogP contribution in [-0.2, 0) is 11.3 Å². The van der Waals surface area contributed by atoms with Crippen molar-refractivity contribution < 1.29 is 27.1 Å². The maximum absolute atomic E-state index is 13.4. The molecular formula is C13H10F3NO3. The molecule has 0 fully saturated rings. The van der Waals surface area contributed by atoms with Crippen LogP contribution < -0.4 is 5.32 Å². The van der Waals surface area contributed by atoms with E-state index < -0.39 is 29.1 Å². The number of carbonyl (C=O) groups excluding carboxylic acids is 1. The first-order valence-electron chi connectivity index (χ1n) is 5.56. The van der Waals surface area contributed by atoms with Gasteiger partial charge in [-0.25, -0.2) is 18.0 Å². The van der Waals surface area contributed by atoms with Gasteiger partial charge in [-0.3, -0.25) is 0 Å². The second kappa shape index (κ2) is 5.68. The van der Waals surface area contributed by atoms with Gasteiger partial charge in [0.05, 0.1) is 13.7 Å². The molecule has 0 aliphatic rings. The molecular weight excluding hydrogens is 275 g/mol. The van der Waals surface area contributed by atoms with Gasteiger partial charge in [-0.15, -0.1) is 0 Å². The van der Waals surface area contributed by atoms with Gasteiger partial charge in [-0.2, -0.15) is 0 Å². The third kappa shape index (κ3) is 2.93. The van der Waals surface area contributed by atoms with Crippen LogP contribution in [0.4, 0.5) is 18.9 Å². The van der Waals surface area contributed by atoms with E-state index in [0.717, 1.165) is 0 Å². The molecule has 0 saturated carbocycles. The molecule has 0 aliphatic carbocycles. The van der Waals surface area contributed by atoms with E-state index >= 15 is 0 Å². The Morgan fingerprint density at radius 2 is 1.90 bits per heavy atom. The molecule has 1 heterocycles. The van der Waals surface area contributed by atoms with Gasteiger partial charge in [0.25, 0.3) is 0 Å². The Kier molecular flexibility index (Phi) is 3.97. The molecule has 1 aromatic carbocycles. The van der Waals surface area contributed by atoms with Crippen molar-refractivity contribution in [1.29, 1.82) is 0 Å². The van der Waals surface area contributed by atoms with Crippen molar-refractivity contribution in [2.45, 2.75) is 6.54 Å². The monoisotopic (exact) mass is 285 g/mol. The Morgan fingerprint density at radius 1 is 1.25 bits per heavy atom. The molecule has 1 N–H and O–H groups in total. The molecule has 20 heavy (non-hydrogen) atoms. The minimum Gasteiger partial charge on any atom is -0.463 e. The van der Waals surface area contributed by atoms with Crippen molar-refractivity contribution in [1.82, 2.24) is 0 Å². The summed E-state index contributed by atoms with van der Waals surface area (Å²) in [6.07, 6.45) is 0. The summed E-state index contributed by atoms with van der Waals surface area (Å²) in [5, 5.41) is 2.43. The van der Waals surface area contributed by atoms with Gasteiger partial charge in [-0.05, 0) is 12.1 Å². The maximum atomic E-state index is 13.4. The fraction of sp³-hybridized carbons (Fsp3) is 0.154. The molecule has 7 heteroatoms. The van der Waals surface area contributed by atoms with Crippen molar-refractivity contribution in [3.8, 4) is 0 Å². The van der Waals surface area contributed by atoms with Crippen LogP contribution in [0.1, 0.15) is 16.3 Å². The molecule has 0 spiro atoms. The second-order valence-electron chi connectivity index (χ2n) is 3.86. The van der Waals surface area contributed by atoms with E-state index in [-0.39, 0.29) is 18.1 Å². The van der Waals surface area contributed by atoms with Crippen LogP contribution in [0.25, 0.3) is 0 Å². The van der Waals surface area contributed by atoms with Crippen LogP contribution in [0.3, 0.4) is 0 Å². The van der Waals surface area contributed by atoms with Crippen LogP contribution in [0.5, 0.6) is 0 Å². The zero-order chi connectivity index (χ0) is 14.7. The highest BCUT2D eigenvalue weighted by atomic mass is 19.1. The third-order valence-corrected chi connectivity index (χ3v) is 2.49. The predicted molar refractivity (Wildman–Crippen MR) is 63.7 cm³/mol. The number of hydrogen-bond donors (Lipinski definition) is 1. The SMILES string of the molecule is COC(=O)c1ccc(CNc2c(F)cc(F)cc2F)o1. The average Bonchev–Trinajstić information content (AvgIpc) is 2.85. The Morgan fingerprint density at radius 3 is 2.50 bits per heavy atom. The number of ether oxygens (including phenoxy) is 1. The predicted octanol–water partition coefficient (Wildman–Crippen LogP) is 3.10. The zero-order valence-corrected chi connectivity index (χ0v) is 10.4. The lowest BCUT2D eigenvalue weighted by Gasteiger charge is -2.07. The summed E-state index contributed by atoms with van der Waals surface area (Å²) in [6, 6.07) is 3.96. The summed E-state index contributed by atoms with van der Waals surface area (Å²) in [5.74, 6) is -3.52. The van der Waals surface area contributed by atoms with Gasteiger partial charge in [0.2, 0.25) is 5.76 Å². The Hall–Kier alpha value is -2.44. The summed E-state index contributed by atoms with van der Waals surface area (Å²) >= 11 is 0. The molecule has 2 rings (SSSR count). The number of methoxy groups -OCH3 is 1. The standard InChI is InChI=1S/C13H10F3NO3/c1-19-13(18)11-3-2-8(20-11)6-17-12-9(15)4-7(14)5-10(12)16/h2-5,17H,6H2,1H3. The minimum atomic E-state index is -1.05. The van der Waals surface area contributed by atoms with E-state index in [1.807, 2.05) is 0 Å². The summed E-state index contributed by atoms with van der Waals surface area (Å²) in [7, 11) is 1.20. The summed E-state index contributed by atoms with van der Waals surface area (Å²) in [6.45, 7) is -0.0729. The molecule has 0 atom stereocenters. The quantitative estimate of drug-likeness (QED) is 0.877. The van der Waals surface area contributed by atoms with Crippen molar-refractivity contribution in [3.05, 3.63) is 53.2 Å². The van der Waals surface area contributed by atoms with Crippen LogP contribution in [0, 0.1) is 17.5 Å². The largest absolute Gasteiger partial charge is 0.463 e. The van der Waals surface area contributed by atoms with E-state index in [4.69, 9.17) is 4.42 Å². The highest BCUT2D eigenvalue weighted by molar-refractivity contribution is 5.86. The summed E-state index contributed by atoms with van der Waals surface area (Å²) < 4.78 is 49.0. The topological polar surface area (TPSA) is 51.5 Å². The number of benzene rings is 1. The number of halogens is 3. The highest BCUT2D eigenvalue weighted by Gasteiger charge is 2.14. The van der Waals surface area contributed by atoms with E-state index in [2.05, 4.69) is 10.1 Å². The first kappa shape index (κ1) is 14.0. The number of esters is 1. The van der Waals surface area contributed by atoms with Crippen LogP contribution in [0.15, 0.2) is 28.7 Å². The van der Waals surface area contributed by atoms with E-state index in [0.29, 0.717) is 12.1 Å². The van der Waals surface area contributed by atoms with Crippen molar-refractivity contribution >= 4 is 11.7 Å². The third-order valence-electron chi connectivity index (χ3n) is 2.49. The molecule has 0 radical (unpaired) electrons. The fourth-order valence-electron chi connectivity index (χ4n) is 1.57. The number of nitrogens with one attached hydrogen (secondary N) is 1. The lowest BCUT2D eigenvalue weighted by Crippen LogP contribution is -2.04. The van der Waals surface area contributed by atoms with Gasteiger partial charge in [-0.1, -0.05) is 0 Å². The number of furan rings is 1. The number of carbonyl (C=O) groups is 1. The first-order chi connectivity index (χ1) is 9.51. The molecule has 106 valence electrons. The smallest absolute Gasteiger partial charge is 0.373 e. The molecule has 1 aromatic heterocycles. The second-order valence-corrected chi connectivity index (χ2v) is 3.86. The minimum absolute atomic E-state index is 0.0237. The van der Waals surface area contributed by atoms with Crippen LogP contribution in [0.2, 0.25) is 0 Å². The zero-order valence-electron chi connectivity index (χ0n) is 10.4. The lowest BCUT2D eigenvalue weighted by atomic mass is 10.2. The summed E-state index contributed by atoms with van der Waals surface area (Å²) in [4.78, 5) is 11.1. The molecule has 0 aliphatic heterocycles. The van der Waals surface area contributed by atoms with Gasteiger partial charge >= 0.3 is 5.97 Å². The molecule has 4 nitrogen and oxygen atoms in total. The van der Waals surface area contributed by atoms with Gasteiger partial charge in [0, 0.05) is 12.1 Å². The van der Waals surface area contributed by atoms with E-state index in [1.165, 1.54) is 19.2 Å². The summed E-state index contributed by atoms with van der Waals surface area (Å²) in [5.41, 5.74) is -0.470. The molecule has 0 amide bonds. The maximum Gasteiger partial charge on any atom is 0.373 e. The van der Waals surface area contributed by atoms with Crippen LogP contribution in [-0.4, -0.2) is 13.1 Å². The van der Waals surface area contributed by atoms with Crippen molar-refractivity contribution in [2.75, 3.05) is 12.4 Å². The Bertz CT molecular complexity index is 617. The van der Waals surface area contributed by atoms with Crippen LogP contribution >= 0.6 is 0 Å². The van der Waals surface area contributed by atoms with Crippen molar-refractivity contribution in [3.63, 3.8) is 0 Å². The molecule has 0 bridgehead atoms. The fourth-order valence-corrected chi connectivity index (χ4v) is 1.57. The van der Waals surface area contributed by atoms with Gasteiger partial charge in [0.1, 0.15) is 17.3 Å². The van der Waals surface area contributed by atoms with E-state index in [9.17, 15) is 18.0 Å². The number of anilines is 1. The number of hydrogen-bond acceptors (Lipinski definition) is 4. The van der Waals surface area contributed by atoms with Crippen molar-refractivity contribution in [2.24, 2.45) is 0 Å². The lowest BCUT2D eigenvalue weighted by molar-refractivity contribution is 0.0563. The first-order valence-corrected chi connectivity index (χ1v) is 5.56. The van der Waals surface area contributed by atoms with Gasteiger partial charge in [0.15, 0.2) is 11.6 Å². The molecule has 0 unspecified atom stereocenters. The Labute approximate surface area is 112 Å². The Balaban J connectivity index is 2.09. The average molecular weight is 285 g/mol. The van der Waals surface area contributed by atoms with E-state index in [1.54, 1.807) is 0 Å². The highest BCUT2D eigenvalue weighted by Crippen LogP contribution is 2.21. The number of rotatable bonds is 4. The normalized spacial score (nSPS) is 10.4. The van der Waals surface area contributed by atoms with Gasteiger partial charge < -0.3 is 14.5 Å². The molecule has 2 aromatic rings. The molecule has 0 saturated heterocycles.